The lowest BCUT2D eigenvalue weighted by molar-refractivity contribution is -0.384. The molecule has 0 radical (unpaired) electrons. The monoisotopic (exact) mass is 294 g/mol. The summed E-state index contributed by atoms with van der Waals surface area (Å²) < 4.78 is 25.4. The molecule has 1 aromatic carbocycles. The molecule has 0 saturated carbocycles. The summed E-state index contributed by atoms with van der Waals surface area (Å²) in [6.07, 6.45) is 0. The number of carbonyl (C=O) groups is 1. The molecule has 0 saturated heterocycles. The number of rotatable bonds is 5. The van der Waals surface area contributed by atoms with Crippen molar-refractivity contribution in [2.75, 3.05) is 13.2 Å². The van der Waals surface area contributed by atoms with Crippen LogP contribution in [0.2, 0.25) is 5.02 Å². The number of nitro groups is 1. The third-order valence-electron chi connectivity index (χ3n) is 2.09. The van der Waals surface area contributed by atoms with Gasteiger partial charge >= 0.3 is 0 Å². The Labute approximate surface area is 111 Å². The largest absolute Gasteiger partial charge is 0.390 e. The number of benzene rings is 1. The molecule has 0 aliphatic rings. The first-order valence-electron chi connectivity index (χ1n) is 4.97. The van der Waals surface area contributed by atoms with Crippen LogP contribution in [0.5, 0.6) is 0 Å². The van der Waals surface area contributed by atoms with E-state index in [0.717, 1.165) is 18.2 Å². The van der Waals surface area contributed by atoms with Crippen LogP contribution in [0.25, 0.3) is 0 Å². The Kier molecular flexibility index (Phi) is 4.73. The topological polar surface area (TPSA) is 92.5 Å². The number of hydrogen-bond acceptors (Lipinski definition) is 4. The third-order valence-corrected chi connectivity index (χ3v) is 2.31. The van der Waals surface area contributed by atoms with Crippen LogP contribution in [-0.2, 0) is 0 Å². The Bertz CT molecular complexity index is 510. The number of aliphatic hydroxyl groups is 1. The average molecular weight is 295 g/mol. The van der Waals surface area contributed by atoms with Gasteiger partial charge in [0.2, 0.25) is 0 Å². The molecule has 104 valence electrons. The van der Waals surface area contributed by atoms with E-state index >= 15 is 0 Å². The van der Waals surface area contributed by atoms with Crippen LogP contribution in [0.15, 0.2) is 18.2 Å². The third kappa shape index (κ3) is 4.42. The number of carbonyl (C=O) groups excluding carboxylic acids is 1. The van der Waals surface area contributed by atoms with Gasteiger partial charge in [0.25, 0.3) is 17.5 Å². The molecule has 0 heterocycles. The van der Waals surface area contributed by atoms with Crippen molar-refractivity contribution < 1.29 is 23.6 Å². The lowest BCUT2D eigenvalue weighted by atomic mass is 10.2. The van der Waals surface area contributed by atoms with E-state index in [1.807, 2.05) is 5.32 Å². The fourth-order valence-corrected chi connectivity index (χ4v) is 1.41. The van der Waals surface area contributed by atoms with Gasteiger partial charge in [0.1, 0.15) is 6.61 Å². The minimum atomic E-state index is -3.46. The highest BCUT2D eigenvalue weighted by molar-refractivity contribution is 6.31. The molecule has 0 fully saturated rings. The normalized spacial score (nSPS) is 11.2. The Balaban J connectivity index is 2.85. The van der Waals surface area contributed by atoms with Crippen LogP contribution in [0.1, 0.15) is 10.4 Å². The molecule has 0 aromatic heterocycles. The molecule has 0 atom stereocenters. The van der Waals surface area contributed by atoms with Crippen molar-refractivity contribution in [3.8, 4) is 0 Å². The number of non-ortho nitro benzene ring substituents is 1. The van der Waals surface area contributed by atoms with Crippen LogP contribution >= 0.6 is 11.6 Å². The molecule has 0 unspecified atom stereocenters. The standard InChI is InChI=1S/C10H9ClF2N2O4/c11-7-1-6(2-8(3-7)15(18)19)9(17)14-4-10(12,13)5-16/h1-3,16H,4-5H2,(H,14,17). The first-order valence-corrected chi connectivity index (χ1v) is 5.35. The Hall–Kier alpha value is -1.80. The van der Waals surface area contributed by atoms with Crippen molar-refractivity contribution in [2.24, 2.45) is 0 Å². The highest BCUT2D eigenvalue weighted by Crippen LogP contribution is 2.21. The van der Waals surface area contributed by atoms with Crippen LogP contribution < -0.4 is 5.32 Å². The number of amides is 1. The van der Waals surface area contributed by atoms with Crippen molar-refractivity contribution in [1.29, 1.82) is 0 Å². The van der Waals surface area contributed by atoms with Gasteiger partial charge in [-0.25, -0.2) is 8.78 Å². The maximum Gasteiger partial charge on any atom is 0.287 e. The molecule has 9 heteroatoms. The van der Waals surface area contributed by atoms with Crippen molar-refractivity contribution in [3.05, 3.63) is 38.9 Å². The van der Waals surface area contributed by atoms with Gasteiger partial charge in [0, 0.05) is 22.7 Å². The summed E-state index contributed by atoms with van der Waals surface area (Å²) in [5.74, 6) is -4.40. The number of nitro benzene ring substituents is 1. The summed E-state index contributed by atoms with van der Waals surface area (Å²) in [4.78, 5) is 21.3. The van der Waals surface area contributed by atoms with E-state index in [1.165, 1.54) is 0 Å². The summed E-state index contributed by atoms with van der Waals surface area (Å²) >= 11 is 5.58. The molecule has 1 amide bonds. The fraction of sp³-hybridized carbons (Fsp3) is 0.300. The van der Waals surface area contributed by atoms with Crippen molar-refractivity contribution in [3.63, 3.8) is 0 Å². The smallest absolute Gasteiger partial charge is 0.287 e. The molecule has 1 aromatic rings. The van der Waals surface area contributed by atoms with Gasteiger partial charge in [-0.05, 0) is 6.07 Å². The lowest BCUT2D eigenvalue weighted by Crippen LogP contribution is -2.39. The molecule has 0 spiro atoms. The van der Waals surface area contributed by atoms with Crippen molar-refractivity contribution >= 4 is 23.2 Å². The second-order valence-electron chi connectivity index (χ2n) is 3.65. The minimum Gasteiger partial charge on any atom is -0.390 e. The molecule has 2 N–H and O–H groups in total. The predicted molar refractivity (Wildman–Crippen MR) is 62.5 cm³/mol. The number of alkyl halides is 2. The van der Waals surface area contributed by atoms with E-state index in [9.17, 15) is 23.7 Å². The highest BCUT2D eigenvalue weighted by atomic mass is 35.5. The first-order chi connectivity index (χ1) is 8.75. The molecule has 0 aliphatic carbocycles. The Morgan fingerprint density at radius 1 is 1.47 bits per heavy atom. The van der Waals surface area contributed by atoms with Crippen LogP contribution in [-0.4, -0.2) is 35.0 Å². The van der Waals surface area contributed by atoms with Gasteiger partial charge in [-0.1, -0.05) is 11.6 Å². The molecular weight excluding hydrogens is 286 g/mol. The van der Waals surface area contributed by atoms with E-state index in [1.54, 1.807) is 0 Å². The molecule has 6 nitrogen and oxygen atoms in total. The SMILES string of the molecule is O=C(NCC(F)(F)CO)c1cc(Cl)cc([N+](=O)[O-])c1. The first kappa shape index (κ1) is 15.3. The number of aliphatic hydroxyl groups excluding tert-OH is 1. The zero-order valence-corrected chi connectivity index (χ0v) is 10.2. The van der Waals surface area contributed by atoms with Gasteiger partial charge < -0.3 is 10.4 Å². The van der Waals surface area contributed by atoms with Gasteiger partial charge in [-0.2, -0.15) is 0 Å². The summed E-state index contributed by atoms with van der Waals surface area (Å²) in [6, 6.07) is 3.06. The maximum atomic E-state index is 12.7. The van der Waals surface area contributed by atoms with Gasteiger partial charge in [0.05, 0.1) is 11.5 Å². The average Bonchev–Trinajstić information content (AvgIpc) is 2.35. The predicted octanol–water partition coefficient (Wildman–Crippen LogP) is 1.61. The molecule has 0 aliphatic heterocycles. The zero-order chi connectivity index (χ0) is 14.6. The van der Waals surface area contributed by atoms with Gasteiger partial charge in [-0.15, -0.1) is 0 Å². The number of halogens is 3. The quantitative estimate of drug-likeness (QED) is 0.637. The van der Waals surface area contributed by atoms with Crippen LogP contribution in [0, 0.1) is 10.1 Å². The Morgan fingerprint density at radius 2 is 2.11 bits per heavy atom. The van der Waals surface area contributed by atoms with E-state index in [-0.39, 0.29) is 10.6 Å². The summed E-state index contributed by atoms with van der Waals surface area (Å²) in [6.45, 7) is -2.49. The second kappa shape index (κ2) is 5.89. The van der Waals surface area contributed by atoms with Gasteiger partial charge in [-0.3, -0.25) is 14.9 Å². The fourth-order valence-electron chi connectivity index (χ4n) is 1.18. The second-order valence-corrected chi connectivity index (χ2v) is 4.09. The van der Waals surface area contributed by atoms with Gasteiger partial charge in [0.15, 0.2) is 0 Å². The molecule has 19 heavy (non-hydrogen) atoms. The highest BCUT2D eigenvalue weighted by Gasteiger charge is 2.28. The van der Waals surface area contributed by atoms with Crippen molar-refractivity contribution in [1.82, 2.24) is 5.32 Å². The van der Waals surface area contributed by atoms with Crippen molar-refractivity contribution in [2.45, 2.75) is 5.92 Å². The number of nitrogens with zero attached hydrogens (tertiary/aromatic N) is 1. The summed E-state index contributed by atoms with van der Waals surface area (Å²) in [5.41, 5.74) is -0.639. The van der Waals surface area contributed by atoms with E-state index in [0.29, 0.717) is 0 Å². The van der Waals surface area contributed by atoms with Crippen LogP contribution in [0.3, 0.4) is 0 Å². The Morgan fingerprint density at radius 3 is 2.63 bits per heavy atom. The number of hydrogen-bond donors (Lipinski definition) is 2. The minimum absolute atomic E-state index is 0.0618. The number of nitrogens with one attached hydrogen (secondary N) is 1. The maximum absolute atomic E-state index is 12.7. The molecular formula is C10H9ClF2N2O4. The zero-order valence-electron chi connectivity index (χ0n) is 9.40. The molecule has 0 bridgehead atoms. The van der Waals surface area contributed by atoms with E-state index < -0.39 is 35.6 Å². The summed E-state index contributed by atoms with van der Waals surface area (Å²) in [5, 5.41) is 20.7. The summed E-state index contributed by atoms with van der Waals surface area (Å²) in [7, 11) is 0. The van der Waals surface area contributed by atoms with Crippen LogP contribution in [0.4, 0.5) is 14.5 Å². The molecule has 1 rings (SSSR count). The van der Waals surface area contributed by atoms with E-state index in [4.69, 9.17) is 16.7 Å². The van der Waals surface area contributed by atoms with E-state index in [2.05, 4.69) is 0 Å². The lowest BCUT2D eigenvalue weighted by Gasteiger charge is -2.13.